The van der Waals surface area contributed by atoms with Gasteiger partial charge in [0.25, 0.3) is 0 Å². The maximum Gasteiger partial charge on any atom is 0.0772 e. The Morgan fingerprint density at radius 2 is 1.00 bits per heavy atom. The zero-order valence-corrected chi connectivity index (χ0v) is 14.7. The molecule has 1 atom stereocenters. The van der Waals surface area contributed by atoms with Crippen molar-refractivity contribution in [3.8, 4) is 0 Å². The zero-order chi connectivity index (χ0) is 16.5. The summed E-state index contributed by atoms with van der Waals surface area (Å²) in [6.07, 6.45) is 18.5. The van der Waals surface area contributed by atoms with Gasteiger partial charge in [-0.3, -0.25) is 10.4 Å². The topological polar surface area (TPSA) is 63.9 Å². The quantitative estimate of drug-likeness (QED) is 0.252. The first kappa shape index (κ1) is 21.8. The van der Waals surface area contributed by atoms with E-state index in [1.165, 1.54) is 77.0 Å². The molecule has 0 saturated heterocycles. The molecule has 0 bridgehead atoms. The van der Waals surface area contributed by atoms with Gasteiger partial charge in [-0.05, 0) is 6.42 Å². The molecule has 0 aliphatic carbocycles. The molecule has 0 aromatic carbocycles. The van der Waals surface area contributed by atoms with Crippen LogP contribution in [0.2, 0.25) is 0 Å². The van der Waals surface area contributed by atoms with Gasteiger partial charge in [0.2, 0.25) is 0 Å². The maximum absolute atomic E-state index is 9.45. The molecule has 0 fully saturated rings. The summed E-state index contributed by atoms with van der Waals surface area (Å²) in [6, 6.07) is 0. The minimum atomic E-state index is -0.632. The van der Waals surface area contributed by atoms with Gasteiger partial charge in [0.1, 0.15) is 0 Å². The van der Waals surface area contributed by atoms with Crippen LogP contribution in [0.5, 0.6) is 0 Å². The zero-order valence-electron chi connectivity index (χ0n) is 14.7. The molecule has 1 unspecified atom stereocenters. The van der Waals surface area contributed by atoms with E-state index in [1.807, 2.05) is 0 Å². The largest absolute Gasteiger partial charge is 0.392 e. The molecule has 0 rings (SSSR count). The molecule has 4 nitrogen and oxygen atoms in total. The summed E-state index contributed by atoms with van der Waals surface area (Å²) in [5.41, 5.74) is 0. The molecule has 4 heteroatoms. The van der Waals surface area contributed by atoms with Crippen molar-refractivity contribution in [1.82, 2.24) is 5.23 Å². The fourth-order valence-electron chi connectivity index (χ4n) is 2.85. The minimum absolute atomic E-state index is 0.0640. The van der Waals surface area contributed by atoms with Crippen molar-refractivity contribution in [3.63, 3.8) is 0 Å². The summed E-state index contributed by atoms with van der Waals surface area (Å²) in [6.45, 7) is 2.18. The smallest absolute Gasteiger partial charge is 0.0772 e. The van der Waals surface area contributed by atoms with Crippen molar-refractivity contribution in [2.45, 2.75) is 109 Å². The van der Waals surface area contributed by atoms with Crippen LogP contribution >= 0.6 is 0 Å². The number of rotatable bonds is 17. The van der Waals surface area contributed by atoms with Crippen LogP contribution in [0.3, 0.4) is 0 Å². The van der Waals surface area contributed by atoms with E-state index in [0.717, 1.165) is 12.8 Å². The molecule has 0 heterocycles. The van der Waals surface area contributed by atoms with E-state index in [2.05, 4.69) is 6.92 Å². The second-order valence-electron chi connectivity index (χ2n) is 6.59. The van der Waals surface area contributed by atoms with Crippen LogP contribution in [-0.4, -0.2) is 33.4 Å². The fourth-order valence-corrected chi connectivity index (χ4v) is 2.85. The lowest BCUT2D eigenvalue weighted by molar-refractivity contribution is -0.315. The SMILES string of the molecule is CCCCCCCCCCCCCCCCC(O)CN(O)O. The number of hydroxylamine groups is 2. The Morgan fingerprint density at radius 1 is 0.636 bits per heavy atom. The summed E-state index contributed by atoms with van der Waals surface area (Å²) in [4.78, 5) is 0. The summed E-state index contributed by atoms with van der Waals surface area (Å²) in [5.74, 6) is 0. The fraction of sp³-hybridized carbons (Fsp3) is 1.00. The number of hydrogen-bond acceptors (Lipinski definition) is 4. The van der Waals surface area contributed by atoms with Crippen LogP contribution in [0, 0.1) is 0 Å². The normalized spacial score (nSPS) is 13.0. The van der Waals surface area contributed by atoms with Gasteiger partial charge in [-0.15, -0.1) is 0 Å². The maximum atomic E-state index is 9.45. The van der Waals surface area contributed by atoms with E-state index in [0.29, 0.717) is 6.42 Å². The third kappa shape index (κ3) is 17.9. The van der Waals surface area contributed by atoms with Crippen LogP contribution in [-0.2, 0) is 0 Å². The molecule has 22 heavy (non-hydrogen) atoms. The van der Waals surface area contributed by atoms with Gasteiger partial charge < -0.3 is 5.11 Å². The van der Waals surface area contributed by atoms with E-state index in [9.17, 15) is 5.11 Å². The average Bonchev–Trinajstić information content (AvgIpc) is 2.47. The van der Waals surface area contributed by atoms with E-state index in [1.54, 1.807) is 0 Å². The van der Waals surface area contributed by atoms with Gasteiger partial charge in [0.15, 0.2) is 0 Å². The van der Waals surface area contributed by atoms with Gasteiger partial charge >= 0.3 is 0 Å². The molecule has 0 aromatic rings. The molecule has 0 aliphatic rings. The highest BCUT2D eigenvalue weighted by Crippen LogP contribution is 2.13. The molecule has 0 aliphatic heterocycles. The Morgan fingerprint density at radius 3 is 1.36 bits per heavy atom. The number of aliphatic hydroxyl groups excluding tert-OH is 1. The average molecular weight is 318 g/mol. The molecule has 0 amide bonds. The van der Waals surface area contributed by atoms with Crippen molar-refractivity contribution in [1.29, 1.82) is 0 Å². The second kappa shape index (κ2) is 17.2. The number of aliphatic hydroxyl groups is 1. The molecule has 3 N–H and O–H groups in total. The summed E-state index contributed by atoms with van der Waals surface area (Å²) in [5, 5.41) is 26.6. The molecular weight excluding hydrogens is 278 g/mol. The van der Waals surface area contributed by atoms with Gasteiger partial charge in [-0.25, -0.2) is 0 Å². The van der Waals surface area contributed by atoms with E-state index in [4.69, 9.17) is 10.4 Å². The van der Waals surface area contributed by atoms with Gasteiger partial charge in [0, 0.05) is 0 Å². The third-order valence-electron chi connectivity index (χ3n) is 4.26. The van der Waals surface area contributed by atoms with Gasteiger partial charge in [-0.1, -0.05) is 102 Å². The minimum Gasteiger partial charge on any atom is -0.392 e. The highest BCUT2D eigenvalue weighted by atomic mass is 16.8. The first-order chi connectivity index (χ1) is 10.7. The monoisotopic (exact) mass is 317 g/mol. The second-order valence-corrected chi connectivity index (χ2v) is 6.59. The first-order valence-electron chi connectivity index (χ1n) is 9.50. The molecule has 0 aromatic heterocycles. The molecule has 0 spiro atoms. The highest BCUT2D eigenvalue weighted by Gasteiger charge is 2.06. The Labute approximate surface area is 137 Å². The van der Waals surface area contributed by atoms with E-state index in [-0.39, 0.29) is 11.8 Å². The van der Waals surface area contributed by atoms with E-state index >= 15 is 0 Å². The van der Waals surface area contributed by atoms with Crippen LogP contribution in [0.15, 0.2) is 0 Å². The predicted molar refractivity (Wildman–Crippen MR) is 91.2 cm³/mol. The Kier molecular flexibility index (Phi) is 17.1. The standard InChI is InChI=1S/C18H39NO3/c1-2-3-4-5-6-7-8-9-10-11-12-13-14-15-16-18(20)17-19(21)22/h18,20-22H,2-17H2,1H3. The van der Waals surface area contributed by atoms with E-state index < -0.39 is 6.10 Å². The molecular formula is C18H39NO3. The number of unbranched alkanes of at least 4 members (excludes halogenated alkanes) is 13. The Hall–Kier alpha value is -0.160. The van der Waals surface area contributed by atoms with Crippen LogP contribution in [0.1, 0.15) is 103 Å². The Balaban J connectivity index is 3.05. The lowest BCUT2D eigenvalue weighted by Crippen LogP contribution is -2.26. The third-order valence-corrected chi connectivity index (χ3v) is 4.26. The Bertz CT molecular complexity index is 213. The van der Waals surface area contributed by atoms with Crippen molar-refractivity contribution in [2.75, 3.05) is 6.54 Å². The molecule has 134 valence electrons. The molecule has 0 saturated carbocycles. The van der Waals surface area contributed by atoms with Crippen molar-refractivity contribution in [2.24, 2.45) is 0 Å². The number of nitrogens with zero attached hydrogens (tertiary/aromatic N) is 1. The van der Waals surface area contributed by atoms with Crippen molar-refractivity contribution >= 4 is 0 Å². The van der Waals surface area contributed by atoms with Gasteiger partial charge in [-0.2, -0.15) is 0 Å². The number of hydrogen-bond donors (Lipinski definition) is 3. The molecule has 0 radical (unpaired) electrons. The highest BCUT2D eigenvalue weighted by molar-refractivity contribution is 4.56. The first-order valence-corrected chi connectivity index (χ1v) is 9.50. The lowest BCUT2D eigenvalue weighted by atomic mass is 10.0. The van der Waals surface area contributed by atoms with Crippen molar-refractivity contribution < 1.29 is 15.5 Å². The van der Waals surface area contributed by atoms with Crippen LogP contribution in [0.25, 0.3) is 0 Å². The lowest BCUT2D eigenvalue weighted by Gasteiger charge is -2.12. The summed E-state index contributed by atoms with van der Waals surface area (Å²) >= 11 is 0. The summed E-state index contributed by atoms with van der Waals surface area (Å²) in [7, 11) is 0. The summed E-state index contributed by atoms with van der Waals surface area (Å²) < 4.78 is 0. The predicted octanol–water partition coefficient (Wildman–Crippen LogP) is 5.30. The van der Waals surface area contributed by atoms with Crippen molar-refractivity contribution in [3.05, 3.63) is 0 Å². The van der Waals surface area contributed by atoms with Gasteiger partial charge in [0.05, 0.1) is 12.6 Å². The van der Waals surface area contributed by atoms with Crippen LogP contribution in [0.4, 0.5) is 0 Å². The van der Waals surface area contributed by atoms with Crippen LogP contribution < -0.4 is 0 Å².